The Morgan fingerprint density at radius 2 is 2.06 bits per heavy atom. The van der Waals surface area contributed by atoms with Crippen molar-refractivity contribution >= 4 is 16.7 Å². The molecule has 0 spiro atoms. The van der Waals surface area contributed by atoms with Gasteiger partial charge in [-0.25, -0.2) is 9.78 Å². The van der Waals surface area contributed by atoms with Crippen molar-refractivity contribution in [2.24, 2.45) is 0 Å². The molecule has 4 nitrogen and oxygen atoms in total. The third kappa shape index (κ3) is 1.62. The minimum Gasteiger partial charge on any atom is -0.476 e. The number of carboxylic acid groups (broad SMARTS) is 1. The number of nitrogens with zero attached hydrogens (tertiary/aromatic N) is 2. The second-order valence-corrected chi connectivity index (χ2v) is 3.94. The summed E-state index contributed by atoms with van der Waals surface area (Å²) in [5, 5.41) is 10.5. The molecule has 2 heterocycles. The molecular weight excluding hydrogens is 204 g/mol. The van der Waals surface area contributed by atoms with E-state index in [-0.39, 0.29) is 5.69 Å². The van der Waals surface area contributed by atoms with E-state index in [2.05, 4.69) is 23.8 Å². The quantitative estimate of drug-likeness (QED) is 0.837. The van der Waals surface area contributed by atoms with Gasteiger partial charge in [0.2, 0.25) is 0 Å². The Hall–Kier alpha value is -1.97. The van der Waals surface area contributed by atoms with Crippen molar-refractivity contribution in [1.82, 2.24) is 9.97 Å². The molecule has 4 heteroatoms. The smallest absolute Gasteiger partial charge is 0.355 e. The molecule has 16 heavy (non-hydrogen) atoms. The highest BCUT2D eigenvalue weighted by molar-refractivity contribution is 6.02. The zero-order chi connectivity index (χ0) is 11.7. The fraction of sp³-hybridized carbons (Fsp3) is 0.250. The third-order valence-corrected chi connectivity index (χ3v) is 2.54. The molecule has 0 fully saturated rings. The first-order valence-corrected chi connectivity index (χ1v) is 5.07. The van der Waals surface area contributed by atoms with Gasteiger partial charge in [-0.15, -0.1) is 0 Å². The van der Waals surface area contributed by atoms with Crippen molar-refractivity contribution in [2.45, 2.75) is 19.8 Å². The molecule has 0 aromatic carbocycles. The van der Waals surface area contributed by atoms with Crippen LogP contribution in [-0.2, 0) is 0 Å². The van der Waals surface area contributed by atoms with Gasteiger partial charge in [-0.3, -0.25) is 4.98 Å². The summed E-state index contributed by atoms with van der Waals surface area (Å²) in [5.74, 6) is -0.714. The van der Waals surface area contributed by atoms with Crippen LogP contribution < -0.4 is 0 Å². The highest BCUT2D eigenvalue weighted by Crippen LogP contribution is 2.25. The van der Waals surface area contributed by atoms with Gasteiger partial charge in [0.25, 0.3) is 0 Å². The summed E-state index contributed by atoms with van der Waals surface area (Å²) in [4.78, 5) is 18.9. The third-order valence-electron chi connectivity index (χ3n) is 2.54. The van der Waals surface area contributed by atoms with E-state index in [1.165, 1.54) is 0 Å². The maximum absolute atomic E-state index is 11.0. The van der Waals surface area contributed by atoms with E-state index in [1.807, 2.05) is 6.07 Å². The summed E-state index contributed by atoms with van der Waals surface area (Å²) in [6.45, 7) is 4.11. The first-order valence-electron chi connectivity index (χ1n) is 5.07. The van der Waals surface area contributed by atoms with Crippen molar-refractivity contribution in [3.05, 3.63) is 35.9 Å². The molecule has 0 aliphatic rings. The molecule has 2 rings (SSSR count). The predicted molar refractivity (Wildman–Crippen MR) is 60.6 cm³/mol. The van der Waals surface area contributed by atoms with Crippen LogP contribution in [0.15, 0.2) is 24.7 Å². The van der Waals surface area contributed by atoms with Gasteiger partial charge >= 0.3 is 5.97 Å². The highest BCUT2D eigenvalue weighted by atomic mass is 16.4. The van der Waals surface area contributed by atoms with Crippen LogP contribution in [0.25, 0.3) is 10.8 Å². The van der Waals surface area contributed by atoms with Crippen molar-refractivity contribution in [2.75, 3.05) is 0 Å². The minimum atomic E-state index is -1.02. The van der Waals surface area contributed by atoms with E-state index in [9.17, 15) is 4.79 Å². The van der Waals surface area contributed by atoms with Crippen LogP contribution >= 0.6 is 0 Å². The Bertz CT molecular complexity index is 550. The van der Waals surface area contributed by atoms with Gasteiger partial charge in [-0.1, -0.05) is 13.8 Å². The fourth-order valence-electron chi connectivity index (χ4n) is 1.74. The lowest BCUT2D eigenvalue weighted by Gasteiger charge is -2.10. The number of hydrogen-bond donors (Lipinski definition) is 1. The van der Waals surface area contributed by atoms with Crippen LogP contribution in [-0.4, -0.2) is 21.0 Å². The molecule has 0 atom stereocenters. The molecule has 1 N–H and O–H groups in total. The average Bonchev–Trinajstić information content (AvgIpc) is 2.27. The molecule has 2 aromatic rings. The SMILES string of the molecule is CC(C)c1cnc(C(=O)O)c2cnccc12. The van der Waals surface area contributed by atoms with Gasteiger partial charge in [0.05, 0.1) is 0 Å². The number of rotatable bonds is 2. The maximum atomic E-state index is 11.0. The topological polar surface area (TPSA) is 63.1 Å². The average molecular weight is 216 g/mol. The molecule has 0 unspecified atom stereocenters. The second-order valence-electron chi connectivity index (χ2n) is 3.94. The number of fused-ring (bicyclic) bond motifs is 1. The molecule has 0 aliphatic carbocycles. The molecule has 0 bridgehead atoms. The number of carboxylic acids is 1. The van der Waals surface area contributed by atoms with Crippen molar-refractivity contribution in [1.29, 1.82) is 0 Å². The summed E-state index contributed by atoms with van der Waals surface area (Å²) < 4.78 is 0. The maximum Gasteiger partial charge on any atom is 0.355 e. The van der Waals surface area contributed by atoms with Gasteiger partial charge < -0.3 is 5.11 Å². The fourth-order valence-corrected chi connectivity index (χ4v) is 1.74. The monoisotopic (exact) mass is 216 g/mol. The van der Waals surface area contributed by atoms with Gasteiger partial charge in [-0.2, -0.15) is 0 Å². The summed E-state index contributed by atoms with van der Waals surface area (Å²) in [7, 11) is 0. The second kappa shape index (κ2) is 3.89. The molecule has 0 saturated heterocycles. The predicted octanol–water partition coefficient (Wildman–Crippen LogP) is 2.45. The van der Waals surface area contributed by atoms with Gasteiger partial charge in [0, 0.05) is 24.0 Å². The van der Waals surface area contributed by atoms with Crippen LogP contribution in [0, 0.1) is 0 Å². The zero-order valence-corrected chi connectivity index (χ0v) is 9.14. The molecule has 82 valence electrons. The first-order chi connectivity index (χ1) is 7.61. The van der Waals surface area contributed by atoms with Crippen LogP contribution in [0.4, 0.5) is 0 Å². The summed E-state index contributed by atoms with van der Waals surface area (Å²) in [6, 6.07) is 1.83. The van der Waals surface area contributed by atoms with Gasteiger partial charge in [-0.05, 0) is 22.9 Å². The zero-order valence-electron chi connectivity index (χ0n) is 9.14. The highest BCUT2D eigenvalue weighted by Gasteiger charge is 2.14. The van der Waals surface area contributed by atoms with Crippen molar-refractivity contribution in [3.8, 4) is 0 Å². The molecule has 2 aromatic heterocycles. The standard InChI is InChI=1S/C12H12N2O2/c1-7(2)9-6-14-11(12(15)16)10-5-13-4-3-8(9)10/h3-7H,1-2H3,(H,15,16). The minimum absolute atomic E-state index is 0.0625. The van der Waals surface area contributed by atoms with Gasteiger partial charge in [0.1, 0.15) is 0 Å². The molecule has 0 amide bonds. The Balaban J connectivity index is 2.82. The van der Waals surface area contributed by atoms with Crippen LogP contribution in [0.5, 0.6) is 0 Å². The molecular formula is C12H12N2O2. The van der Waals surface area contributed by atoms with Crippen LogP contribution in [0.2, 0.25) is 0 Å². The van der Waals surface area contributed by atoms with E-state index in [1.54, 1.807) is 18.6 Å². The lowest BCUT2D eigenvalue weighted by molar-refractivity contribution is 0.0693. The Morgan fingerprint density at radius 3 is 2.69 bits per heavy atom. The van der Waals surface area contributed by atoms with E-state index in [0.717, 1.165) is 10.9 Å². The Morgan fingerprint density at radius 1 is 1.31 bits per heavy atom. The van der Waals surface area contributed by atoms with Gasteiger partial charge in [0.15, 0.2) is 5.69 Å². The normalized spacial score (nSPS) is 10.9. The lowest BCUT2D eigenvalue weighted by atomic mass is 9.98. The van der Waals surface area contributed by atoms with E-state index in [0.29, 0.717) is 11.3 Å². The van der Waals surface area contributed by atoms with Crippen LogP contribution in [0.1, 0.15) is 35.8 Å². The first kappa shape index (κ1) is 10.5. The number of aromatic nitrogens is 2. The van der Waals surface area contributed by atoms with Crippen molar-refractivity contribution < 1.29 is 9.90 Å². The van der Waals surface area contributed by atoms with E-state index in [4.69, 9.17) is 5.11 Å². The van der Waals surface area contributed by atoms with Crippen LogP contribution in [0.3, 0.4) is 0 Å². The number of pyridine rings is 2. The van der Waals surface area contributed by atoms with Crippen molar-refractivity contribution in [3.63, 3.8) is 0 Å². The summed E-state index contributed by atoms with van der Waals surface area (Å²) >= 11 is 0. The molecule has 0 aliphatic heterocycles. The molecule has 0 radical (unpaired) electrons. The van der Waals surface area contributed by atoms with E-state index < -0.39 is 5.97 Å². The molecule has 0 saturated carbocycles. The lowest BCUT2D eigenvalue weighted by Crippen LogP contribution is -2.04. The Kier molecular flexibility index (Phi) is 2.56. The number of aromatic carboxylic acids is 1. The number of carbonyl (C=O) groups is 1. The summed E-state index contributed by atoms with van der Waals surface area (Å²) in [6.07, 6.45) is 4.86. The summed E-state index contributed by atoms with van der Waals surface area (Å²) in [5.41, 5.74) is 1.11. The Labute approximate surface area is 93.0 Å². The van der Waals surface area contributed by atoms with E-state index >= 15 is 0 Å². The largest absolute Gasteiger partial charge is 0.476 e. The number of hydrogen-bond acceptors (Lipinski definition) is 3.